The Labute approximate surface area is 148 Å². The molecule has 0 fully saturated rings. The molecule has 124 valence electrons. The van der Waals surface area contributed by atoms with E-state index in [4.69, 9.17) is 4.98 Å². The predicted molar refractivity (Wildman–Crippen MR) is 101 cm³/mol. The zero-order valence-electron chi connectivity index (χ0n) is 13.7. The number of pyridine rings is 1. The third kappa shape index (κ3) is 2.09. The van der Waals surface area contributed by atoms with Crippen LogP contribution in [-0.2, 0) is 0 Å². The van der Waals surface area contributed by atoms with Crippen LogP contribution in [0.25, 0.3) is 43.8 Å². The minimum Gasteiger partial charge on any atom is -0.545 e. The molecular weight excluding hydrogens is 324 g/mol. The van der Waals surface area contributed by atoms with Crippen molar-refractivity contribution in [3.63, 3.8) is 0 Å². The summed E-state index contributed by atoms with van der Waals surface area (Å²) in [6.45, 7) is 0. The molecule has 4 nitrogen and oxygen atoms in total. The summed E-state index contributed by atoms with van der Waals surface area (Å²) in [6, 6.07) is 21.0. The van der Waals surface area contributed by atoms with Crippen LogP contribution in [0.15, 0.2) is 72.9 Å². The van der Waals surface area contributed by atoms with Crippen LogP contribution in [0.2, 0.25) is 0 Å². The van der Waals surface area contributed by atoms with Crippen molar-refractivity contribution in [3.05, 3.63) is 78.5 Å². The molecule has 0 unspecified atom stereocenters. The fourth-order valence-corrected chi connectivity index (χ4v) is 3.59. The lowest BCUT2D eigenvalue weighted by Crippen LogP contribution is -2.22. The molecule has 0 radical (unpaired) electrons. The van der Waals surface area contributed by atoms with Gasteiger partial charge in [-0.1, -0.05) is 48.5 Å². The molecule has 26 heavy (non-hydrogen) atoms. The zero-order valence-corrected chi connectivity index (χ0v) is 13.7. The van der Waals surface area contributed by atoms with Crippen molar-refractivity contribution in [2.45, 2.75) is 0 Å². The predicted octanol–water partition coefficient (Wildman–Crippen LogP) is 3.90. The average Bonchev–Trinajstić information content (AvgIpc) is 3.11. The fourth-order valence-electron chi connectivity index (χ4n) is 3.59. The van der Waals surface area contributed by atoms with Crippen LogP contribution in [0.5, 0.6) is 0 Å². The molecule has 4 heteroatoms. The summed E-state index contributed by atoms with van der Waals surface area (Å²) in [5.74, 6) is -1.20. The number of carbonyl (C=O) groups is 1. The first-order valence-electron chi connectivity index (χ1n) is 8.33. The van der Waals surface area contributed by atoms with Crippen LogP contribution in [0.3, 0.4) is 0 Å². The van der Waals surface area contributed by atoms with E-state index < -0.39 is 5.97 Å². The smallest absolute Gasteiger partial charge is 0.0737 e. The van der Waals surface area contributed by atoms with E-state index in [1.807, 2.05) is 66.9 Å². The van der Waals surface area contributed by atoms with Crippen molar-refractivity contribution in [1.29, 1.82) is 0 Å². The van der Waals surface area contributed by atoms with E-state index in [1.54, 1.807) is 6.07 Å². The number of carboxylic acid groups (broad SMARTS) is 1. The van der Waals surface area contributed by atoms with E-state index in [0.717, 1.165) is 27.2 Å². The molecule has 5 aromatic rings. The van der Waals surface area contributed by atoms with Gasteiger partial charge in [-0.3, -0.25) is 0 Å². The number of aromatic nitrogens is 2. The number of para-hydroxylation sites is 1. The largest absolute Gasteiger partial charge is 0.545 e. The maximum Gasteiger partial charge on any atom is 0.0737 e. The van der Waals surface area contributed by atoms with Gasteiger partial charge in [0.1, 0.15) is 0 Å². The van der Waals surface area contributed by atoms with Crippen LogP contribution in [0.4, 0.5) is 0 Å². The lowest BCUT2D eigenvalue weighted by Gasteiger charge is -2.12. The summed E-state index contributed by atoms with van der Waals surface area (Å²) in [4.78, 5) is 19.9. The first-order chi connectivity index (χ1) is 12.7. The highest BCUT2D eigenvalue weighted by atomic mass is 16.4. The number of carboxylic acids is 1. The Balaban J connectivity index is 1.89. The van der Waals surface area contributed by atoms with Gasteiger partial charge >= 0.3 is 0 Å². The van der Waals surface area contributed by atoms with Gasteiger partial charge in [-0.25, -0.2) is 4.98 Å². The molecule has 2 aromatic heterocycles. The molecule has 0 saturated heterocycles. The summed E-state index contributed by atoms with van der Waals surface area (Å²) in [7, 11) is 0. The lowest BCUT2D eigenvalue weighted by molar-refractivity contribution is -0.254. The molecule has 0 amide bonds. The first-order valence-corrected chi connectivity index (χ1v) is 8.33. The minimum atomic E-state index is -1.20. The lowest BCUT2D eigenvalue weighted by atomic mass is 9.98. The van der Waals surface area contributed by atoms with Gasteiger partial charge < -0.3 is 14.9 Å². The van der Waals surface area contributed by atoms with E-state index in [2.05, 4.69) is 4.98 Å². The number of hydrogen-bond donors (Lipinski definition) is 1. The van der Waals surface area contributed by atoms with Gasteiger partial charge in [0, 0.05) is 33.6 Å². The van der Waals surface area contributed by atoms with E-state index in [9.17, 15) is 9.90 Å². The second-order valence-corrected chi connectivity index (χ2v) is 6.27. The normalized spacial score (nSPS) is 11.4. The Hall–Kier alpha value is -3.66. The van der Waals surface area contributed by atoms with Crippen LogP contribution in [0.1, 0.15) is 10.4 Å². The van der Waals surface area contributed by atoms with Crippen LogP contribution < -0.4 is 5.11 Å². The number of hydrogen-bond acceptors (Lipinski definition) is 3. The highest BCUT2D eigenvalue weighted by Crippen LogP contribution is 2.33. The minimum absolute atomic E-state index is 0.159. The number of aromatic amines is 1. The second kappa shape index (κ2) is 5.43. The summed E-state index contributed by atoms with van der Waals surface area (Å²) in [5, 5.41) is 15.4. The molecule has 0 atom stereocenters. The van der Waals surface area contributed by atoms with E-state index >= 15 is 0 Å². The maximum absolute atomic E-state index is 11.9. The number of nitrogens with one attached hydrogen (secondary N) is 1. The number of benzene rings is 3. The Kier molecular flexibility index (Phi) is 3.06. The number of aromatic carboxylic acids is 1. The van der Waals surface area contributed by atoms with Crippen molar-refractivity contribution >= 4 is 38.5 Å². The summed E-state index contributed by atoms with van der Waals surface area (Å²) < 4.78 is 0. The van der Waals surface area contributed by atoms with Crippen molar-refractivity contribution in [3.8, 4) is 11.3 Å². The molecule has 0 aliphatic heterocycles. The molecule has 2 heterocycles. The standard InChI is InChI=1S/C22H14N2O2/c25-22(26)16-11-20(17-12-23-18-8-4-3-7-15(17)18)24-19-10-9-13-5-1-2-6-14(13)21(16)19/h1-12,23H,(H,25,26)/p-1. The molecule has 5 rings (SSSR count). The first kappa shape index (κ1) is 14.7. The highest BCUT2D eigenvalue weighted by Gasteiger charge is 2.13. The van der Waals surface area contributed by atoms with Gasteiger partial charge in [0.25, 0.3) is 0 Å². The fraction of sp³-hybridized carbons (Fsp3) is 0. The molecule has 1 N–H and O–H groups in total. The van der Waals surface area contributed by atoms with Crippen LogP contribution in [-0.4, -0.2) is 15.9 Å². The molecule has 0 spiro atoms. The number of H-pyrrole nitrogens is 1. The van der Waals surface area contributed by atoms with Gasteiger partial charge in [-0.2, -0.15) is 0 Å². The molecule has 0 bridgehead atoms. The van der Waals surface area contributed by atoms with Gasteiger partial charge in [0.2, 0.25) is 0 Å². The quantitative estimate of drug-likeness (QED) is 0.497. The molecule has 0 saturated carbocycles. The van der Waals surface area contributed by atoms with Crippen LogP contribution in [0, 0.1) is 0 Å². The third-order valence-electron chi connectivity index (χ3n) is 4.78. The van der Waals surface area contributed by atoms with Crippen molar-refractivity contribution in [2.75, 3.05) is 0 Å². The molecule has 0 aliphatic rings. The Morgan fingerprint density at radius 3 is 2.54 bits per heavy atom. The van der Waals surface area contributed by atoms with Crippen molar-refractivity contribution in [2.24, 2.45) is 0 Å². The number of fused-ring (bicyclic) bond motifs is 4. The Bertz CT molecular complexity index is 1320. The van der Waals surface area contributed by atoms with E-state index in [-0.39, 0.29) is 5.56 Å². The monoisotopic (exact) mass is 337 g/mol. The third-order valence-corrected chi connectivity index (χ3v) is 4.78. The SMILES string of the molecule is O=C([O-])c1cc(-c2c[nH]c3ccccc23)nc2ccc3ccccc3c12. The van der Waals surface area contributed by atoms with Gasteiger partial charge in [0.05, 0.1) is 17.2 Å². The topological polar surface area (TPSA) is 68.8 Å². The van der Waals surface area contributed by atoms with E-state index in [0.29, 0.717) is 16.6 Å². The Morgan fingerprint density at radius 1 is 0.923 bits per heavy atom. The molecular formula is C22H13N2O2-. The second-order valence-electron chi connectivity index (χ2n) is 6.27. The molecule has 3 aromatic carbocycles. The zero-order chi connectivity index (χ0) is 17.7. The van der Waals surface area contributed by atoms with Crippen LogP contribution >= 0.6 is 0 Å². The summed E-state index contributed by atoms with van der Waals surface area (Å²) in [5.41, 5.74) is 3.28. The number of rotatable bonds is 2. The Morgan fingerprint density at radius 2 is 1.69 bits per heavy atom. The van der Waals surface area contributed by atoms with E-state index in [1.165, 1.54) is 0 Å². The number of carbonyl (C=O) groups excluding carboxylic acids is 1. The average molecular weight is 337 g/mol. The summed E-state index contributed by atoms with van der Waals surface area (Å²) in [6.07, 6.45) is 1.86. The van der Waals surface area contributed by atoms with Gasteiger partial charge in [0.15, 0.2) is 0 Å². The summed E-state index contributed by atoms with van der Waals surface area (Å²) >= 11 is 0. The highest BCUT2D eigenvalue weighted by molar-refractivity contribution is 6.15. The molecule has 0 aliphatic carbocycles. The van der Waals surface area contributed by atoms with Gasteiger partial charge in [-0.05, 0) is 29.0 Å². The van der Waals surface area contributed by atoms with Crippen molar-refractivity contribution in [1.82, 2.24) is 9.97 Å². The maximum atomic E-state index is 11.9. The van der Waals surface area contributed by atoms with Crippen molar-refractivity contribution < 1.29 is 9.90 Å². The van der Waals surface area contributed by atoms with Gasteiger partial charge in [-0.15, -0.1) is 0 Å². The number of nitrogens with zero attached hydrogens (tertiary/aromatic N) is 1.